The fourth-order valence-corrected chi connectivity index (χ4v) is 0.263. The molecule has 4 heteroatoms. The molecule has 0 atom stereocenters. The van der Waals surface area contributed by atoms with E-state index in [1.807, 2.05) is 0 Å². The molecule has 0 saturated carbocycles. The molecule has 0 heterocycles. The second-order valence-electron chi connectivity index (χ2n) is 1.57. The predicted octanol–water partition coefficient (Wildman–Crippen LogP) is 0.719. The zero-order valence-corrected chi connectivity index (χ0v) is 5.45. The van der Waals surface area contributed by atoms with Crippen LogP contribution in [0.5, 0.6) is 0 Å². The first-order chi connectivity index (χ1) is 4.12. The Bertz CT molecular complexity index is 92.2. The summed E-state index contributed by atoms with van der Waals surface area (Å²) in [6.07, 6.45) is 1.44. The number of hydroxylamine groups is 3. The molecule has 9 heavy (non-hydrogen) atoms. The Morgan fingerprint density at radius 3 is 2.56 bits per heavy atom. The van der Waals surface area contributed by atoms with Crippen molar-refractivity contribution in [1.29, 1.82) is 0 Å². The largest absolute Gasteiger partial charge is 0.175 e. The van der Waals surface area contributed by atoms with Gasteiger partial charge in [-0.25, -0.2) is 0 Å². The Morgan fingerprint density at radius 1 is 1.67 bits per heavy atom. The summed E-state index contributed by atoms with van der Waals surface area (Å²) in [5.41, 5.74) is 0. The van der Waals surface area contributed by atoms with E-state index in [9.17, 15) is 0 Å². The van der Waals surface area contributed by atoms with Crippen molar-refractivity contribution in [2.24, 2.45) is 0 Å². The van der Waals surface area contributed by atoms with E-state index in [0.717, 1.165) is 0 Å². The van der Waals surface area contributed by atoms with Crippen LogP contribution in [0.25, 0.3) is 0 Å². The third-order valence-corrected chi connectivity index (χ3v) is 0.811. The maximum Gasteiger partial charge on any atom is 0.175 e. The SMILES string of the molecule is C=CCO[N+](O)(O)CC. The quantitative estimate of drug-likeness (QED) is 0.338. The van der Waals surface area contributed by atoms with E-state index in [0.29, 0.717) is 0 Å². The molecule has 0 saturated heterocycles. The number of nitrogens with zero attached hydrogens (tertiary/aromatic N) is 1. The van der Waals surface area contributed by atoms with E-state index in [-0.39, 0.29) is 13.2 Å². The number of quaternary nitrogens is 1. The Balaban J connectivity index is 3.44. The highest BCUT2D eigenvalue weighted by molar-refractivity contribution is 4.61. The predicted molar refractivity (Wildman–Crippen MR) is 30.5 cm³/mol. The maximum absolute atomic E-state index is 8.68. The molecule has 0 aliphatic carbocycles. The fourth-order valence-electron chi connectivity index (χ4n) is 0.263. The monoisotopic (exact) mass is 134 g/mol. The minimum atomic E-state index is -1.40. The summed E-state index contributed by atoms with van der Waals surface area (Å²) in [7, 11) is 0. The number of rotatable bonds is 4. The number of hydrogen-bond acceptors (Lipinski definition) is 3. The highest BCUT2D eigenvalue weighted by Gasteiger charge is 2.19. The van der Waals surface area contributed by atoms with Gasteiger partial charge in [0.25, 0.3) is 0 Å². The number of hydrogen-bond donors (Lipinski definition) is 2. The Hall–Kier alpha value is -0.420. The average Bonchev–Trinajstić information content (AvgIpc) is 1.84. The lowest BCUT2D eigenvalue weighted by Gasteiger charge is -2.14. The van der Waals surface area contributed by atoms with Crippen molar-refractivity contribution < 1.29 is 20.2 Å². The van der Waals surface area contributed by atoms with Crippen LogP contribution in [0.4, 0.5) is 0 Å². The highest BCUT2D eigenvalue weighted by atomic mass is 17.1. The van der Waals surface area contributed by atoms with Gasteiger partial charge < -0.3 is 0 Å². The lowest BCUT2D eigenvalue weighted by molar-refractivity contribution is -1.37. The second kappa shape index (κ2) is 3.58. The minimum absolute atomic E-state index is 0.0911. The Labute approximate surface area is 54.0 Å². The first kappa shape index (κ1) is 8.58. The standard InChI is InChI=1S/C5H12NO3/c1-3-5-9-6(7,8)4-2/h3,7-8H,1,4-5H2,2H3/q+1. The first-order valence-corrected chi connectivity index (χ1v) is 2.71. The van der Waals surface area contributed by atoms with Crippen LogP contribution >= 0.6 is 0 Å². The van der Waals surface area contributed by atoms with Crippen molar-refractivity contribution in [1.82, 2.24) is 0 Å². The van der Waals surface area contributed by atoms with Gasteiger partial charge in [0, 0.05) is 0 Å². The van der Waals surface area contributed by atoms with Gasteiger partial charge in [-0.3, -0.25) is 0 Å². The third kappa shape index (κ3) is 4.11. The lowest BCUT2D eigenvalue weighted by Crippen LogP contribution is -2.40. The zero-order valence-electron chi connectivity index (χ0n) is 5.45. The van der Waals surface area contributed by atoms with Gasteiger partial charge in [-0.15, -0.1) is 21.8 Å². The van der Waals surface area contributed by atoms with E-state index < -0.39 is 4.97 Å². The van der Waals surface area contributed by atoms with Gasteiger partial charge in [0.05, 0.1) is 4.97 Å². The molecule has 0 unspecified atom stereocenters. The molecule has 0 rings (SSSR count). The van der Waals surface area contributed by atoms with Crippen molar-refractivity contribution in [3.05, 3.63) is 12.7 Å². The maximum atomic E-state index is 8.68. The van der Waals surface area contributed by atoms with Crippen molar-refractivity contribution in [2.75, 3.05) is 13.2 Å². The molecule has 0 aromatic carbocycles. The Morgan fingerprint density at radius 2 is 2.22 bits per heavy atom. The molecule has 0 aromatic rings. The van der Waals surface area contributed by atoms with Crippen LogP contribution in [-0.2, 0) is 4.84 Å². The van der Waals surface area contributed by atoms with Gasteiger partial charge in [0.1, 0.15) is 6.61 Å². The van der Waals surface area contributed by atoms with Crippen LogP contribution < -0.4 is 0 Å². The summed E-state index contributed by atoms with van der Waals surface area (Å²) in [4.78, 5) is 3.06. The smallest absolute Gasteiger partial charge is 0.146 e. The summed E-state index contributed by atoms with van der Waals surface area (Å²) >= 11 is 0. The molecule has 0 bridgehead atoms. The van der Waals surface area contributed by atoms with E-state index in [1.54, 1.807) is 6.92 Å². The topological polar surface area (TPSA) is 49.7 Å². The van der Waals surface area contributed by atoms with Gasteiger partial charge in [-0.2, -0.15) is 0 Å². The van der Waals surface area contributed by atoms with Crippen molar-refractivity contribution in [3.8, 4) is 0 Å². The molecule has 54 valence electrons. The highest BCUT2D eigenvalue weighted by Crippen LogP contribution is 1.94. The van der Waals surface area contributed by atoms with Gasteiger partial charge in [0.2, 0.25) is 0 Å². The summed E-state index contributed by atoms with van der Waals surface area (Å²) in [5.74, 6) is 0. The summed E-state index contributed by atoms with van der Waals surface area (Å²) in [5, 5.41) is 17.4. The lowest BCUT2D eigenvalue weighted by atomic mass is 10.7. The summed E-state index contributed by atoms with van der Waals surface area (Å²) < 4.78 is 0. The van der Waals surface area contributed by atoms with Crippen LogP contribution in [0.1, 0.15) is 6.92 Å². The normalized spacial score (nSPS) is 11.4. The summed E-state index contributed by atoms with van der Waals surface area (Å²) in [6, 6.07) is 0. The average molecular weight is 134 g/mol. The minimum Gasteiger partial charge on any atom is -0.146 e. The molecule has 0 amide bonds. The molecular formula is C5H12NO3+. The van der Waals surface area contributed by atoms with Gasteiger partial charge >= 0.3 is 0 Å². The van der Waals surface area contributed by atoms with E-state index in [1.165, 1.54) is 6.08 Å². The summed E-state index contributed by atoms with van der Waals surface area (Å²) in [6.45, 7) is 5.14. The van der Waals surface area contributed by atoms with E-state index in [4.69, 9.17) is 10.4 Å². The molecule has 0 radical (unpaired) electrons. The molecule has 2 N–H and O–H groups in total. The molecule has 0 aliphatic heterocycles. The zero-order chi connectivity index (χ0) is 7.33. The van der Waals surface area contributed by atoms with Crippen molar-refractivity contribution in [3.63, 3.8) is 0 Å². The van der Waals surface area contributed by atoms with Gasteiger partial charge in [0.15, 0.2) is 6.54 Å². The van der Waals surface area contributed by atoms with Gasteiger partial charge in [-0.1, -0.05) is 6.08 Å². The molecule has 0 aliphatic rings. The molecule has 0 spiro atoms. The van der Waals surface area contributed by atoms with Crippen LogP contribution in [0.2, 0.25) is 0 Å². The van der Waals surface area contributed by atoms with Crippen LogP contribution in [0, 0.1) is 0 Å². The van der Waals surface area contributed by atoms with E-state index in [2.05, 4.69) is 11.4 Å². The molecular weight excluding hydrogens is 122 g/mol. The van der Waals surface area contributed by atoms with Crippen LogP contribution in [0.3, 0.4) is 0 Å². The van der Waals surface area contributed by atoms with Crippen LogP contribution in [-0.4, -0.2) is 28.5 Å². The van der Waals surface area contributed by atoms with E-state index >= 15 is 0 Å². The Kier molecular flexibility index (Phi) is 3.41. The van der Waals surface area contributed by atoms with Crippen molar-refractivity contribution in [2.45, 2.75) is 6.92 Å². The molecule has 4 nitrogen and oxygen atoms in total. The molecule has 0 fully saturated rings. The fraction of sp³-hybridized carbons (Fsp3) is 0.600. The van der Waals surface area contributed by atoms with Gasteiger partial charge in [-0.05, 0) is 6.92 Å². The first-order valence-electron chi connectivity index (χ1n) is 2.71. The van der Waals surface area contributed by atoms with Crippen LogP contribution in [0.15, 0.2) is 12.7 Å². The molecule has 0 aromatic heterocycles. The third-order valence-electron chi connectivity index (χ3n) is 0.811. The van der Waals surface area contributed by atoms with Crippen molar-refractivity contribution >= 4 is 0 Å². The second-order valence-corrected chi connectivity index (χ2v) is 1.57.